The number of rotatable bonds is 4. The number of hydrogen-bond acceptors (Lipinski definition) is 4. The molecule has 0 atom stereocenters. The van der Waals surface area contributed by atoms with Crippen LogP contribution in [0.4, 0.5) is 0 Å². The quantitative estimate of drug-likeness (QED) is 0.833. The molecule has 0 saturated heterocycles. The number of oxazole rings is 1. The molecule has 1 aromatic carbocycles. The van der Waals surface area contributed by atoms with Crippen molar-refractivity contribution in [1.82, 2.24) is 4.98 Å². The predicted molar refractivity (Wildman–Crippen MR) is 77.5 cm³/mol. The van der Waals surface area contributed by atoms with Crippen LogP contribution in [-0.4, -0.2) is 22.7 Å². The normalized spacial score (nSPS) is 10.5. The molecule has 100 valence electrons. The molecule has 0 amide bonds. The minimum atomic E-state index is -1.17. The number of halogens is 1. The molecule has 6 heteroatoms. The van der Waals surface area contributed by atoms with Crippen molar-refractivity contribution < 1.29 is 19.1 Å². The van der Waals surface area contributed by atoms with Crippen molar-refractivity contribution >= 4 is 28.6 Å². The Labute approximate surface area is 123 Å². The van der Waals surface area contributed by atoms with Gasteiger partial charge in [0.05, 0.1) is 12.2 Å². The van der Waals surface area contributed by atoms with Crippen molar-refractivity contribution in [3.8, 4) is 17.4 Å². The van der Waals surface area contributed by atoms with E-state index in [1.54, 1.807) is 6.92 Å². The summed E-state index contributed by atoms with van der Waals surface area (Å²) in [5, 5.41) is 9.07. The molecule has 0 spiro atoms. The number of carboxylic acid groups (broad SMARTS) is 1. The first kappa shape index (κ1) is 13.9. The third kappa shape index (κ3) is 2.73. The van der Waals surface area contributed by atoms with Gasteiger partial charge in [-0.1, -0.05) is 12.1 Å². The first-order valence-corrected chi connectivity index (χ1v) is 6.74. The lowest BCUT2D eigenvalue weighted by molar-refractivity contribution is 0.0683. The highest BCUT2D eigenvalue weighted by Gasteiger charge is 2.22. The molecule has 0 radical (unpaired) electrons. The van der Waals surface area contributed by atoms with Crippen molar-refractivity contribution in [3.63, 3.8) is 0 Å². The van der Waals surface area contributed by atoms with Crippen molar-refractivity contribution in [1.29, 1.82) is 0 Å². The summed E-state index contributed by atoms with van der Waals surface area (Å²) >= 11 is 2.18. The van der Waals surface area contributed by atoms with Gasteiger partial charge in [0, 0.05) is 3.57 Å². The van der Waals surface area contributed by atoms with Gasteiger partial charge in [-0.25, -0.2) is 4.79 Å². The summed E-state index contributed by atoms with van der Waals surface area (Å²) in [4.78, 5) is 15.1. The van der Waals surface area contributed by atoms with Crippen LogP contribution >= 0.6 is 22.6 Å². The summed E-state index contributed by atoms with van der Waals surface area (Å²) in [6, 6.07) is 5.68. The highest BCUT2D eigenvalue weighted by molar-refractivity contribution is 14.1. The number of nitrogens with zero attached hydrogens (tertiary/aromatic N) is 1. The fourth-order valence-corrected chi connectivity index (χ4v) is 2.19. The minimum absolute atomic E-state index is 0.0534. The maximum Gasteiger partial charge on any atom is 0.362 e. The zero-order valence-electron chi connectivity index (χ0n) is 10.4. The van der Waals surface area contributed by atoms with E-state index in [4.69, 9.17) is 14.3 Å². The fourth-order valence-electron chi connectivity index (χ4n) is 1.60. The second-order valence-corrected chi connectivity index (χ2v) is 4.91. The third-order valence-electron chi connectivity index (χ3n) is 2.50. The average Bonchev–Trinajstić information content (AvgIpc) is 2.77. The van der Waals surface area contributed by atoms with Crippen LogP contribution in [0.2, 0.25) is 0 Å². The Balaban J connectivity index is 2.54. The molecular weight excluding hydrogens is 361 g/mol. The van der Waals surface area contributed by atoms with Crippen LogP contribution < -0.4 is 4.74 Å². The maximum atomic E-state index is 11.1. The van der Waals surface area contributed by atoms with Crippen LogP contribution in [-0.2, 0) is 0 Å². The molecule has 5 nitrogen and oxygen atoms in total. The monoisotopic (exact) mass is 373 g/mol. The van der Waals surface area contributed by atoms with Crippen LogP contribution in [0, 0.1) is 10.5 Å². The van der Waals surface area contributed by atoms with Crippen LogP contribution in [0.15, 0.2) is 22.6 Å². The van der Waals surface area contributed by atoms with Crippen molar-refractivity contribution in [2.24, 2.45) is 0 Å². The largest absolute Gasteiger partial charge is 0.476 e. The van der Waals surface area contributed by atoms with Gasteiger partial charge in [-0.3, -0.25) is 0 Å². The Morgan fingerprint density at radius 3 is 2.89 bits per heavy atom. The van der Waals surface area contributed by atoms with E-state index >= 15 is 0 Å². The third-order valence-corrected chi connectivity index (χ3v) is 3.93. The lowest BCUT2D eigenvalue weighted by Crippen LogP contribution is -2.01. The summed E-state index contributed by atoms with van der Waals surface area (Å²) < 4.78 is 11.6. The van der Waals surface area contributed by atoms with Crippen LogP contribution in [0.1, 0.15) is 23.0 Å². The topological polar surface area (TPSA) is 72.6 Å². The van der Waals surface area contributed by atoms with Crippen LogP contribution in [0.25, 0.3) is 11.5 Å². The van der Waals surface area contributed by atoms with E-state index in [0.29, 0.717) is 6.61 Å². The lowest BCUT2D eigenvalue weighted by atomic mass is 10.1. The molecule has 2 aromatic rings. The number of hydrogen-bond donors (Lipinski definition) is 1. The molecule has 0 aliphatic rings. The van der Waals surface area contributed by atoms with Gasteiger partial charge in [0.1, 0.15) is 0 Å². The Kier molecular flexibility index (Phi) is 4.08. The van der Waals surface area contributed by atoms with Crippen molar-refractivity contribution in [2.45, 2.75) is 13.8 Å². The number of carboxylic acids is 1. The van der Waals surface area contributed by atoms with E-state index in [9.17, 15) is 4.79 Å². The average molecular weight is 373 g/mol. The van der Waals surface area contributed by atoms with Gasteiger partial charge in [0.15, 0.2) is 0 Å². The number of ether oxygens (including phenoxy) is 1. The van der Waals surface area contributed by atoms with Gasteiger partial charge in [-0.05, 0) is 48.1 Å². The Morgan fingerprint density at radius 1 is 1.53 bits per heavy atom. The lowest BCUT2D eigenvalue weighted by Gasteiger charge is -2.02. The molecule has 1 heterocycles. The van der Waals surface area contributed by atoms with Crippen LogP contribution in [0.3, 0.4) is 0 Å². The highest BCUT2D eigenvalue weighted by Crippen LogP contribution is 2.31. The molecule has 2 rings (SSSR count). The summed E-state index contributed by atoms with van der Waals surface area (Å²) in [6.45, 7) is 4.04. The van der Waals surface area contributed by atoms with E-state index in [2.05, 4.69) is 27.6 Å². The molecule has 19 heavy (non-hydrogen) atoms. The van der Waals surface area contributed by atoms with E-state index in [1.165, 1.54) is 0 Å². The van der Waals surface area contributed by atoms with Gasteiger partial charge < -0.3 is 14.3 Å². The molecule has 0 saturated carbocycles. The summed E-state index contributed by atoms with van der Waals surface area (Å²) in [5.74, 6) is -0.961. The van der Waals surface area contributed by atoms with Gasteiger partial charge >= 0.3 is 11.9 Å². The summed E-state index contributed by atoms with van der Waals surface area (Å²) in [6.07, 6.45) is 0. The predicted octanol–water partition coefficient (Wildman–Crippen LogP) is 3.35. The summed E-state index contributed by atoms with van der Waals surface area (Å²) in [7, 11) is 0. The van der Waals surface area contributed by atoms with Gasteiger partial charge in [-0.2, -0.15) is 4.98 Å². The number of aryl methyl sites for hydroxylation is 1. The summed E-state index contributed by atoms with van der Waals surface area (Å²) in [5.41, 5.74) is 1.63. The standard InChI is InChI=1S/C13H12INO4/c1-3-18-13-10(12(16)17)15-11(19-13)8-6-4-5-7(2)9(8)14/h4-6H,3H2,1-2H3,(H,16,17). The zero-order valence-corrected chi connectivity index (χ0v) is 12.6. The van der Waals surface area contributed by atoms with Crippen molar-refractivity contribution in [3.05, 3.63) is 33.0 Å². The molecule has 0 fully saturated rings. The Bertz CT molecular complexity index is 621. The zero-order chi connectivity index (χ0) is 14.0. The molecule has 1 aromatic heterocycles. The number of carbonyl (C=O) groups is 1. The van der Waals surface area contributed by atoms with Crippen LogP contribution in [0.5, 0.6) is 5.95 Å². The number of benzene rings is 1. The van der Waals surface area contributed by atoms with E-state index < -0.39 is 5.97 Å². The SMILES string of the molecule is CCOc1oc(-c2cccc(C)c2I)nc1C(=O)O. The number of aromatic carboxylic acids is 1. The van der Waals surface area contributed by atoms with Gasteiger partial charge in [0.2, 0.25) is 11.6 Å². The molecular formula is C13H12INO4. The van der Waals surface area contributed by atoms with Crippen molar-refractivity contribution in [2.75, 3.05) is 6.61 Å². The molecule has 0 aliphatic heterocycles. The molecule has 1 N–H and O–H groups in total. The molecule has 0 aliphatic carbocycles. The second-order valence-electron chi connectivity index (χ2n) is 3.83. The second kappa shape index (κ2) is 5.60. The fraction of sp³-hybridized carbons (Fsp3) is 0.231. The van der Waals surface area contributed by atoms with E-state index in [0.717, 1.165) is 14.7 Å². The first-order valence-electron chi connectivity index (χ1n) is 5.67. The smallest absolute Gasteiger partial charge is 0.362 e. The minimum Gasteiger partial charge on any atom is -0.476 e. The Hall–Kier alpha value is -1.57. The van der Waals surface area contributed by atoms with E-state index in [1.807, 2.05) is 25.1 Å². The van der Waals surface area contributed by atoms with Gasteiger partial charge in [-0.15, -0.1) is 0 Å². The number of aromatic nitrogens is 1. The highest BCUT2D eigenvalue weighted by atomic mass is 127. The maximum absolute atomic E-state index is 11.1. The Morgan fingerprint density at radius 2 is 2.26 bits per heavy atom. The first-order chi connectivity index (χ1) is 9.04. The molecule has 0 unspecified atom stereocenters. The van der Waals surface area contributed by atoms with Gasteiger partial charge in [0.25, 0.3) is 0 Å². The van der Waals surface area contributed by atoms with E-state index in [-0.39, 0.29) is 17.5 Å². The molecule has 0 bridgehead atoms.